The van der Waals surface area contributed by atoms with Crippen molar-refractivity contribution in [3.05, 3.63) is 29.3 Å². The van der Waals surface area contributed by atoms with Crippen molar-refractivity contribution in [1.29, 1.82) is 0 Å². The third kappa shape index (κ3) is 3.93. The van der Waals surface area contributed by atoms with Gasteiger partial charge in [-0.15, -0.1) is 0 Å². The number of rotatable bonds is 4. The highest BCUT2D eigenvalue weighted by Crippen LogP contribution is 2.34. The molecule has 110 valence electrons. The van der Waals surface area contributed by atoms with Crippen molar-refractivity contribution in [2.45, 2.75) is 26.4 Å². The maximum atomic E-state index is 12.9. The summed E-state index contributed by atoms with van der Waals surface area (Å²) in [5.74, 6) is -0.608. The van der Waals surface area contributed by atoms with Crippen LogP contribution in [0.2, 0.25) is 0 Å². The van der Waals surface area contributed by atoms with Crippen molar-refractivity contribution in [2.75, 3.05) is 5.32 Å². The molecule has 3 N–H and O–H groups in total. The zero-order valence-electron chi connectivity index (χ0n) is 11.0. The Morgan fingerprint density at radius 1 is 1.45 bits per heavy atom. The molecule has 1 aromatic carbocycles. The summed E-state index contributed by atoms with van der Waals surface area (Å²) in [7, 11) is 0. The van der Waals surface area contributed by atoms with Gasteiger partial charge in [-0.3, -0.25) is 4.79 Å². The van der Waals surface area contributed by atoms with Crippen molar-refractivity contribution in [3.63, 3.8) is 0 Å². The van der Waals surface area contributed by atoms with E-state index in [1.807, 2.05) is 6.92 Å². The number of alkyl halides is 3. The molecular formula is C13H15F3N2OS. The Kier molecular flexibility index (Phi) is 5.10. The van der Waals surface area contributed by atoms with Gasteiger partial charge >= 0.3 is 6.18 Å². The molecule has 0 aliphatic heterocycles. The van der Waals surface area contributed by atoms with Crippen LogP contribution in [0.25, 0.3) is 0 Å². The van der Waals surface area contributed by atoms with Crippen LogP contribution in [0, 0.1) is 5.92 Å². The standard InChI is InChI=1S/C13H15F3N2OS/c1-3-7(2)12(19)18-8-4-5-9(11(17)20)10(6-8)13(14,15)16/h4-7H,3H2,1-2H3,(H2,17,20)(H,18,19). The molecule has 0 saturated heterocycles. The van der Waals surface area contributed by atoms with Crippen molar-refractivity contribution in [1.82, 2.24) is 0 Å². The van der Waals surface area contributed by atoms with Crippen LogP contribution in [-0.4, -0.2) is 10.9 Å². The van der Waals surface area contributed by atoms with Gasteiger partial charge in [0.05, 0.1) is 5.56 Å². The highest BCUT2D eigenvalue weighted by atomic mass is 32.1. The topological polar surface area (TPSA) is 55.1 Å². The number of nitrogens with two attached hydrogens (primary N) is 1. The summed E-state index contributed by atoms with van der Waals surface area (Å²) in [6.45, 7) is 3.52. The molecule has 7 heteroatoms. The number of nitrogens with one attached hydrogen (secondary N) is 1. The molecule has 0 fully saturated rings. The summed E-state index contributed by atoms with van der Waals surface area (Å²) < 4.78 is 38.8. The van der Waals surface area contributed by atoms with E-state index in [2.05, 4.69) is 17.5 Å². The number of benzene rings is 1. The predicted octanol–water partition coefficient (Wildman–Crippen LogP) is 3.32. The van der Waals surface area contributed by atoms with Crippen LogP contribution in [0.1, 0.15) is 31.4 Å². The van der Waals surface area contributed by atoms with Crippen molar-refractivity contribution in [3.8, 4) is 0 Å². The van der Waals surface area contributed by atoms with E-state index in [-0.39, 0.29) is 28.1 Å². The van der Waals surface area contributed by atoms with Gasteiger partial charge in [-0.05, 0) is 24.6 Å². The Balaban J connectivity index is 3.14. The number of thiocarbonyl (C=S) groups is 1. The van der Waals surface area contributed by atoms with Crippen LogP contribution >= 0.6 is 12.2 Å². The molecule has 0 bridgehead atoms. The zero-order valence-corrected chi connectivity index (χ0v) is 11.9. The Morgan fingerprint density at radius 2 is 2.05 bits per heavy atom. The molecule has 1 rings (SSSR count). The maximum absolute atomic E-state index is 12.9. The van der Waals surface area contributed by atoms with E-state index >= 15 is 0 Å². The number of amides is 1. The molecule has 0 heterocycles. The van der Waals surface area contributed by atoms with Crippen LogP contribution in [0.4, 0.5) is 18.9 Å². The molecule has 20 heavy (non-hydrogen) atoms. The molecular weight excluding hydrogens is 289 g/mol. The van der Waals surface area contributed by atoms with Crippen molar-refractivity contribution in [2.24, 2.45) is 11.7 Å². The molecule has 1 aromatic rings. The van der Waals surface area contributed by atoms with Crippen LogP contribution in [-0.2, 0) is 11.0 Å². The molecule has 0 spiro atoms. The van der Waals surface area contributed by atoms with Crippen LogP contribution in [0.5, 0.6) is 0 Å². The number of hydrogen-bond donors (Lipinski definition) is 2. The minimum atomic E-state index is -4.59. The first-order valence-electron chi connectivity index (χ1n) is 5.98. The molecule has 0 saturated carbocycles. The van der Waals surface area contributed by atoms with Crippen LogP contribution in [0.15, 0.2) is 18.2 Å². The molecule has 1 amide bonds. The summed E-state index contributed by atoms with van der Waals surface area (Å²) in [5.41, 5.74) is 4.14. The Morgan fingerprint density at radius 3 is 2.50 bits per heavy atom. The minimum Gasteiger partial charge on any atom is -0.389 e. The average molecular weight is 304 g/mol. The molecule has 0 aliphatic carbocycles. The van der Waals surface area contributed by atoms with Gasteiger partial charge in [-0.25, -0.2) is 0 Å². The first kappa shape index (κ1) is 16.4. The van der Waals surface area contributed by atoms with Gasteiger partial charge in [0.2, 0.25) is 5.91 Å². The van der Waals surface area contributed by atoms with E-state index in [0.29, 0.717) is 6.42 Å². The highest BCUT2D eigenvalue weighted by molar-refractivity contribution is 7.80. The van der Waals surface area contributed by atoms with E-state index < -0.39 is 11.7 Å². The van der Waals surface area contributed by atoms with E-state index in [0.717, 1.165) is 12.1 Å². The van der Waals surface area contributed by atoms with E-state index in [9.17, 15) is 18.0 Å². The first-order valence-corrected chi connectivity index (χ1v) is 6.39. The van der Waals surface area contributed by atoms with Gasteiger partial charge in [0.1, 0.15) is 4.99 Å². The number of hydrogen-bond acceptors (Lipinski definition) is 2. The van der Waals surface area contributed by atoms with Crippen molar-refractivity contribution < 1.29 is 18.0 Å². The molecule has 1 atom stereocenters. The lowest BCUT2D eigenvalue weighted by atomic mass is 10.0. The zero-order chi connectivity index (χ0) is 15.5. The largest absolute Gasteiger partial charge is 0.417 e. The normalized spacial score (nSPS) is 12.8. The van der Waals surface area contributed by atoms with Gasteiger partial charge in [-0.2, -0.15) is 13.2 Å². The molecule has 0 aromatic heterocycles. The lowest BCUT2D eigenvalue weighted by molar-refractivity contribution is -0.137. The monoisotopic (exact) mass is 304 g/mol. The molecule has 0 radical (unpaired) electrons. The van der Waals surface area contributed by atoms with Crippen LogP contribution < -0.4 is 11.1 Å². The minimum absolute atomic E-state index is 0.0719. The van der Waals surface area contributed by atoms with E-state index in [4.69, 9.17) is 5.73 Å². The molecule has 1 unspecified atom stereocenters. The Hall–Kier alpha value is -1.63. The summed E-state index contributed by atoms with van der Waals surface area (Å²) >= 11 is 4.60. The summed E-state index contributed by atoms with van der Waals surface area (Å²) in [6, 6.07) is 3.36. The number of halogens is 3. The second-order valence-corrected chi connectivity index (χ2v) is 4.86. The number of carbonyl (C=O) groups is 1. The summed E-state index contributed by atoms with van der Waals surface area (Å²) in [4.78, 5) is 11.3. The lowest BCUT2D eigenvalue weighted by Gasteiger charge is -2.15. The Labute approximate surface area is 120 Å². The van der Waals surface area contributed by atoms with Gasteiger partial charge < -0.3 is 11.1 Å². The van der Waals surface area contributed by atoms with Crippen molar-refractivity contribution >= 4 is 28.8 Å². The fourth-order valence-electron chi connectivity index (χ4n) is 1.52. The number of anilines is 1. The number of carbonyl (C=O) groups excluding carboxylic acids is 1. The first-order chi connectivity index (χ1) is 9.16. The predicted molar refractivity (Wildman–Crippen MR) is 75.4 cm³/mol. The van der Waals surface area contributed by atoms with Gasteiger partial charge in [0.15, 0.2) is 0 Å². The van der Waals surface area contributed by atoms with Crippen LogP contribution in [0.3, 0.4) is 0 Å². The third-order valence-electron chi connectivity index (χ3n) is 2.92. The maximum Gasteiger partial charge on any atom is 0.417 e. The average Bonchev–Trinajstić information content (AvgIpc) is 2.36. The lowest BCUT2D eigenvalue weighted by Crippen LogP contribution is -2.21. The van der Waals surface area contributed by atoms with E-state index in [1.54, 1.807) is 6.92 Å². The second kappa shape index (κ2) is 6.21. The molecule has 3 nitrogen and oxygen atoms in total. The third-order valence-corrected chi connectivity index (χ3v) is 3.14. The second-order valence-electron chi connectivity index (χ2n) is 4.42. The summed E-state index contributed by atoms with van der Waals surface area (Å²) in [6.07, 6.45) is -3.99. The quantitative estimate of drug-likeness (QED) is 0.839. The van der Waals surface area contributed by atoms with E-state index in [1.165, 1.54) is 6.07 Å². The Bertz CT molecular complexity index is 529. The molecule has 0 aliphatic rings. The summed E-state index contributed by atoms with van der Waals surface area (Å²) in [5, 5.41) is 2.45. The highest BCUT2D eigenvalue weighted by Gasteiger charge is 2.34. The smallest absolute Gasteiger partial charge is 0.389 e. The SMILES string of the molecule is CCC(C)C(=O)Nc1ccc(C(N)=S)c(C(F)(F)F)c1. The van der Waals surface area contributed by atoms with Gasteiger partial charge in [0.25, 0.3) is 0 Å². The fourth-order valence-corrected chi connectivity index (χ4v) is 1.70. The fraction of sp³-hybridized carbons (Fsp3) is 0.385. The van der Waals surface area contributed by atoms with Gasteiger partial charge in [-0.1, -0.05) is 26.1 Å². The van der Waals surface area contributed by atoms with Gasteiger partial charge in [0, 0.05) is 17.2 Å².